The van der Waals surface area contributed by atoms with Crippen LogP contribution in [-0.4, -0.2) is 39.9 Å². The summed E-state index contributed by atoms with van der Waals surface area (Å²) in [5, 5.41) is 0. The molecule has 0 radical (unpaired) electrons. The summed E-state index contributed by atoms with van der Waals surface area (Å²) < 4.78 is 35.5. The molecule has 244 valence electrons. The smallest absolute Gasteiger partial charge is 0.161 e. The van der Waals surface area contributed by atoms with Crippen LogP contribution >= 0.6 is 0 Å². The zero-order valence-electron chi connectivity index (χ0n) is 26.9. The van der Waals surface area contributed by atoms with E-state index in [1.807, 2.05) is 60.7 Å². The molecule has 0 amide bonds. The Morgan fingerprint density at radius 1 is 0.531 bits per heavy atom. The van der Waals surface area contributed by atoms with E-state index in [4.69, 9.17) is 54.1 Å². The van der Waals surface area contributed by atoms with Crippen LogP contribution in [0.2, 0.25) is 0 Å². The van der Waals surface area contributed by atoms with E-state index in [2.05, 4.69) is 45.6 Å². The fourth-order valence-corrected chi connectivity index (χ4v) is 5.74. The number of hydrogen-bond donors (Lipinski definition) is 0. The molecule has 0 unspecified atom stereocenters. The summed E-state index contributed by atoms with van der Waals surface area (Å²) in [7, 11) is 0. The number of ether oxygens (including phenoxy) is 6. The van der Waals surface area contributed by atoms with E-state index in [0.29, 0.717) is 56.0 Å². The first-order valence-corrected chi connectivity index (χ1v) is 15.6. The topological polar surface area (TPSA) is 61.9 Å². The first-order chi connectivity index (χ1) is 24.1. The molecule has 0 saturated heterocycles. The molecule has 8 nitrogen and oxygen atoms in total. The fraction of sp³-hybridized carbons (Fsp3) is 0.220. The average molecular weight is 651 g/mol. The minimum absolute atomic E-state index is 0.128. The predicted octanol–water partition coefficient (Wildman–Crippen LogP) is 6.04. The van der Waals surface area contributed by atoms with Crippen LogP contribution < -0.4 is 38.2 Å². The van der Waals surface area contributed by atoms with E-state index in [0.717, 1.165) is 45.1 Å². The quantitative estimate of drug-likeness (QED) is 0.172. The lowest BCUT2D eigenvalue weighted by Gasteiger charge is -2.32. The Kier molecular flexibility index (Phi) is 10.2. The molecule has 2 heterocycles. The van der Waals surface area contributed by atoms with Crippen molar-refractivity contribution in [2.45, 2.75) is 19.5 Å². The van der Waals surface area contributed by atoms with Crippen LogP contribution in [0.3, 0.4) is 0 Å². The van der Waals surface area contributed by atoms with Gasteiger partial charge in [-0.1, -0.05) is 35.8 Å². The minimum Gasteiger partial charge on any atom is -0.481 e. The van der Waals surface area contributed by atoms with Crippen molar-refractivity contribution >= 4 is 11.4 Å². The van der Waals surface area contributed by atoms with Gasteiger partial charge in [0.15, 0.2) is 13.5 Å². The molecular weight excluding hydrogens is 616 g/mol. The maximum Gasteiger partial charge on any atom is 0.161 e. The van der Waals surface area contributed by atoms with Gasteiger partial charge in [0, 0.05) is 11.1 Å². The molecule has 0 aromatic heterocycles. The lowest BCUT2D eigenvalue weighted by Crippen LogP contribution is -2.32. The number of nitrogens with zero attached hydrogens (tertiary/aromatic N) is 2. The van der Waals surface area contributed by atoms with Crippen LogP contribution in [0.4, 0.5) is 11.4 Å². The van der Waals surface area contributed by atoms with Gasteiger partial charge in [0.25, 0.3) is 0 Å². The molecule has 49 heavy (non-hydrogen) atoms. The molecule has 4 aromatic rings. The highest BCUT2D eigenvalue weighted by molar-refractivity contribution is 5.64. The molecule has 0 bridgehead atoms. The van der Waals surface area contributed by atoms with Crippen molar-refractivity contribution in [1.82, 2.24) is 0 Å². The average Bonchev–Trinajstić information content (AvgIpc) is 3.14. The minimum atomic E-state index is 0.128. The van der Waals surface area contributed by atoms with E-state index in [1.165, 1.54) is 0 Å². The zero-order chi connectivity index (χ0) is 34.0. The number of terminal acetylenes is 4. The fourth-order valence-electron chi connectivity index (χ4n) is 5.74. The molecule has 0 N–H and O–H groups in total. The molecule has 0 atom stereocenters. The SMILES string of the molecule is C#CCOc1ccc2c(c1)CN(c1ccc(Cc3ccc(N4COc5ccc(OCC#C)cc5C4)c(OCC#C)c3)cc1OCC#C)CO2. The van der Waals surface area contributed by atoms with Crippen molar-refractivity contribution in [2.75, 3.05) is 49.7 Å². The van der Waals surface area contributed by atoms with Crippen LogP contribution in [0.15, 0.2) is 72.8 Å². The Morgan fingerprint density at radius 2 is 0.959 bits per heavy atom. The van der Waals surface area contributed by atoms with Gasteiger partial charge in [-0.25, -0.2) is 0 Å². The van der Waals surface area contributed by atoms with Gasteiger partial charge >= 0.3 is 0 Å². The van der Waals surface area contributed by atoms with E-state index < -0.39 is 0 Å². The molecule has 2 aliphatic heterocycles. The van der Waals surface area contributed by atoms with Gasteiger partial charge in [0.1, 0.15) is 60.9 Å². The second-order valence-corrected chi connectivity index (χ2v) is 11.2. The summed E-state index contributed by atoms with van der Waals surface area (Å²) in [6.07, 6.45) is 22.5. The number of benzene rings is 4. The molecule has 2 aliphatic rings. The summed E-state index contributed by atoms with van der Waals surface area (Å²) in [6.45, 7) is 2.54. The van der Waals surface area contributed by atoms with E-state index >= 15 is 0 Å². The van der Waals surface area contributed by atoms with E-state index in [9.17, 15) is 0 Å². The van der Waals surface area contributed by atoms with Crippen molar-refractivity contribution in [3.63, 3.8) is 0 Å². The Balaban J connectivity index is 1.22. The number of rotatable bonds is 12. The Morgan fingerprint density at radius 3 is 1.39 bits per heavy atom. The third-order valence-corrected chi connectivity index (χ3v) is 7.94. The standard InChI is InChI=1S/C41H34N2O6/c1-5-17-44-34-11-15-38-32(24-34)26-42(28-48-38)36-13-9-30(22-40(36)46-19-7-3)21-31-10-14-37(41(23-31)47-20-8-4)43-27-33-25-35(45-18-6-2)12-16-39(33)49-29-43/h1-4,9-16,22-25H,17-21,26-29H2. The normalized spacial score (nSPS) is 12.7. The Hall–Kier alpha value is -6.48. The van der Waals surface area contributed by atoms with Crippen LogP contribution in [-0.2, 0) is 19.5 Å². The van der Waals surface area contributed by atoms with Gasteiger partial charge < -0.3 is 38.2 Å². The number of fused-ring (bicyclic) bond motifs is 2. The number of hydrogen-bond acceptors (Lipinski definition) is 8. The molecule has 0 saturated carbocycles. The summed E-state index contributed by atoms with van der Waals surface area (Å²) >= 11 is 0. The zero-order valence-corrected chi connectivity index (χ0v) is 26.9. The first-order valence-electron chi connectivity index (χ1n) is 15.6. The monoisotopic (exact) mass is 650 g/mol. The highest BCUT2D eigenvalue weighted by Crippen LogP contribution is 2.39. The second kappa shape index (κ2) is 15.4. The van der Waals surface area contributed by atoms with Gasteiger partial charge in [-0.3, -0.25) is 0 Å². The van der Waals surface area contributed by atoms with E-state index in [-0.39, 0.29) is 26.4 Å². The summed E-state index contributed by atoms with van der Waals surface area (Å²) in [5.74, 6) is 14.4. The number of anilines is 2. The van der Waals surface area contributed by atoms with Crippen molar-refractivity contribution < 1.29 is 28.4 Å². The van der Waals surface area contributed by atoms with Gasteiger partial charge in [-0.05, 0) is 78.2 Å². The van der Waals surface area contributed by atoms with Gasteiger partial charge in [-0.2, -0.15) is 0 Å². The maximum atomic E-state index is 6.06. The van der Waals surface area contributed by atoms with Gasteiger partial charge in [-0.15, -0.1) is 25.7 Å². The van der Waals surface area contributed by atoms with Crippen LogP contribution in [0, 0.1) is 49.4 Å². The molecule has 0 fully saturated rings. The third-order valence-electron chi connectivity index (χ3n) is 7.94. The summed E-state index contributed by atoms with van der Waals surface area (Å²) in [5.41, 5.74) is 5.76. The van der Waals surface area contributed by atoms with Crippen molar-refractivity contribution in [3.05, 3.63) is 95.1 Å². The highest BCUT2D eigenvalue weighted by Gasteiger charge is 2.23. The molecule has 4 aromatic carbocycles. The molecular formula is C41H34N2O6. The maximum absolute atomic E-state index is 6.06. The Bertz CT molecular complexity index is 1850. The largest absolute Gasteiger partial charge is 0.481 e. The molecule has 6 rings (SSSR count). The lowest BCUT2D eigenvalue weighted by atomic mass is 10.0. The Labute approximate surface area is 287 Å². The highest BCUT2D eigenvalue weighted by atomic mass is 16.5. The lowest BCUT2D eigenvalue weighted by molar-refractivity contribution is 0.284. The van der Waals surface area contributed by atoms with Crippen molar-refractivity contribution in [2.24, 2.45) is 0 Å². The summed E-state index contributed by atoms with van der Waals surface area (Å²) in [6, 6.07) is 23.6. The summed E-state index contributed by atoms with van der Waals surface area (Å²) in [4.78, 5) is 4.18. The second-order valence-electron chi connectivity index (χ2n) is 11.2. The van der Waals surface area contributed by atoms with Crippen molar-refractivity contribution in [3.8, 4) is 83.9 Å². The van der Waals surface area contributed by atoms with Crippen LogP contribution in [0.5, 0.6) is 34.5 Å². The molecule has 0 aliphatic carbocycles. The van der Waals surface area contributed by atoms with Crippen LogP contribution in [0.25, 0.3) is 0 Å². The van der Waals surface area contributed by atoms with Crippen LogP contribution in [0.1, 0.15) is 22.3 Å². The first kappa shape index (κ1) is 32.5. The van der Waals surface area contributed by atoms with Gasteiger partial charge in [0.2, 0.25) is 0 Å². The van der Waals surface area contributed by atoms with E-state index in [1.54, 1.807) is 0 Å². The van der Waals surface area contributed by atoms with Gasteiger partial charge in [0.05, 0.1) is 24.5 Å². The predicted molar refractivity (Wildman–Crippen MR) is 189 cm³/mol. The third kappa shape index (κ3) is 7.74. The molecule has 8 heteroatoms. The molecule has 0 spiro atoms. The van der Waals surface area contributed by atoms with Crippen molar-refractivity contribution in [1.29, 1.82) is 0 Å².